The molecular weight excluding hydrogens is 441 g/mol. The highest BCUT2D eigenvalue weighted by Crippen LogP contribution is 2.37. The van der Waals surface area contributed by atoms with E-state index < -0.39 is 17.4 Å². The SMILES string of the molecule is O/N=C(/c1c(C(F)(F)F)nn(-c2ccccc2)c1Cl)N1CCC(Cc2ccccc2)CC1. The second kappa shape index (κ2) is 9.24. The number of oxime groups is 1. The van der Waals surface area contributed by atoms with E-state index in [1.807, 2.05) is 18.2 Å². The molecule has 1 aliphatic heterocycles. The van der Waals surface area contributed by atoms with E-state index in [9.17, 15) is 18.4 Å². The molecule has 0 atom stereocenters. The number of aromatic nitrogens is 2. The van der Waals surface area contributed by atoms with Crippen molar-refractivity contribution in [2.75, 3.05) is 13.1 Å². The molecule has 1 N–H and O–H groups in total. The molecule has 4 rings (SSSR count). The molecule has 2 heterocycles. The fourth-order valence-electron chi connectivity index (χ4n) is 4.10. The number of piperidine rings is 1. The Balaban J connectivity index is 1.60. The van der Waals surface area contributed by atoms with Gasteiger partial charge in [0.1, 0.15) is 5.15 Å². The summed E-state index contributed by atoms with van der Waals surface area (Å²) in [5.74, 6) is 0.195. The predicted octanol–water partition coefficient (Wildman–Crippen LogP) is 5.64. The lowest BCUT2D eigenvalue weighted by Gasteiger charge is -2.33. The topological polar surface area (TPSA) is 53.7 Å². The van der Waals surface area contributed by atoms with Crippen LogP contribution < -0.4 is 0 Å². The minimum Gasteiger partial charge on any atom is -0.409 e. The van der Waals surface area contributed by atoms with Gasteiger partial charge in [-0.3, -0.25) is 0 Å². The Morgan fingerprint density at radius 2 is 1.62 bits per heavy atom. The van der Waals surface area contributed by atoms with Gasteiger partial charge in [-0.2, -0.15) is 18.3 Å². The van der Waals surface area contributed by atoms with Gasteiger partial charge >= 0.3 is 6.18 Å². The maximum absolute atomic E-state index is 13.8. The minimum absolute atomic E-state index is 0.206. The molecular formula is C23H22ClF3N4O. The van der Waals surface area contributed by atoms with Gasteiger partial charge in [-0.25, -0.2) is 4.68 Å². The van der Waals surface area contributed by atoms with Gasteiger partial charge in [0.2, 0.25) is 0 Å². The van der Waals surface area contributed by atoms with E-state index in [2.05, 4.69) is 22.4 Å². The van der Waals surface area contributed by atoms with Gasteiger partial charge < -0.3 is 10.1 Å². The summed E-state index contributed by atoms with van der Waals surface area (Å²) in [5, 5.41) is 16.4. The van der Waals surface area contributed by atoms with Gasteiger partial charge in [-0.1, -0.05) is 65.3 Å². The zero-order chi connectivity index (χ0) is 22.7. The van der Waals surface area contributed by atoms with Crippen molar-refractivity contribution in [1.82, 2.24) is 14.7 Å². The van der Waals surface area contributed by atoms with Crippen LogP contribution in [0.2, 0.25) is 5.15 Å². The Morgan fingerprint density at radius 3 is 2.19 bits per heavy atom. The van der Waals surface area contributed by atoms with Crippen LogP contribution in [0.15, 0.2) is 65.8 Å². The molecule has 3 aromatic rings. The van der Waals surface area contributed by atoms with Gasteiger partial charge in [0.05, 0.1) is 11.3 Å². The smallest absolute Gasteiger partial charge is 0.409 e. The third-order valence-electron chi connectivity index (χ3n) is 5.70. The van der Waals surface area contributed by atoms with Crippen molar-refractivity contribution in [1.29, 1.82) is 0 Å². The summed E-state index contributed by atoms with van der Waals surface area (Å²) in [6.07, 6.45) is -2.33. The van der Waals surface area contributed by atoms with Crippen LogP contribution in [0.3, 0.4) is 0 Å². The summed E-state index contributed by atoms with van der Waals surface area (Å²) in [4.78, 5) is 1.65. The summed E-state index contributed by atoms with van der Waals surface area (Å²) in [5.41, 5.74) is 0.0271. The summed E-state index contributed by atoms with van der Waals surface area (Å²) < 4.78 is 42.5. The third-order valence-corrected chi connectivity index (χ3v) is 6.05. The second-order valence-corrected chi connectivity index (χ2v) is 8.16. The lowest BCUT2D eigenvalue weighted by atomic mass is 9.90. The van der Waals surface area contributed by atoms with Crippen LogP contribution in [0.25, 0.3) is 5.69 Å². The molecule has 1 aliphatic rings. The number of para-hydroxylation sites is 1. The first-order chi connectivity index (χ1) is 15.4. The highest BCUT2D eigenvalue weighted by atomic mass is 35.5. The number of alkyl halides is 3. The van der Waals surface area contributed by atoms with Crippen LogP contribution in [0.5, 0.6) is 0 Å². The van der Waals surface area contributed by atoms with Crippen molar-refractivity contribution in [3.05, 3.63) is 82.6 Å². The van der Waals surface area contributed by atoms with Crippen molar-refractivity contribution >= 4 is 17.4 Å². The number of amidine groups is 1. The molecule has 0 radical (unpaired) electrons. The molecule has 1 fully saturated rings. The fraction of sp³-hybridized carbons (Fsp3) is 0.304. The Hall–Kier alpha value is -3.00. The number of likely N-dealkylation sites (tertiary alicyclic amines) is 1. The van der Waals surface area contributed by atoms with Gasteiger partial charge in [0.25, 0.3) is 0 Å². The normalized spacial score (nSPS) is 15.9. The van der Waals surface area contributed by atoms with Crippen molar-refractivity contribution in [3.8, 4) is 5.69 Å². The molecule has 1 aromatic heterocycles. The van der Waals surface area contributed by atoms with Crippen LogP contribution in [-0.4, -0.2) is 38.8 Å². The highest BCUT2D eigenvalue weighted by Gasteiger charge is 2.42. The van der Waals surface area contributed by atoms with Crippen molar-refractivity contribution in [2.45, 2.75) is 25.4 Å². The van der Waals surface area contributed by atoms with Crippen molar-refractivity contribution in [3.63, 3.8) is 0 Å². The predicted molar refractivity (Wildman–Crippen MR) is 116 cm³/mol. The van der Waals surface area contributed by atoms with E-state index in [1.54, 1.807) is 35.2 Å². The first kappa shape index (κ1) is 22.2. The zero-order valence-electron chi connectivity index (χ0n) is 17.1. The summed E-state index contributed by atoms with van der Waals surface area (Å²) in [6.45, 7) is 0.919. The standard InChI is InChI=1S/C23H22ClF3N4O/c24-21-19(20(23(25,26)27)28-31(21)18-9-5-2-6-10-18)22(29-32)30-13-11-17(12-14-30)15-16-7-3-1-4-8-16/h1-10,17,32H,11-15H2/b29-22-. The molecule has 32 heavy (non-hydrogen) atoms. The number of hydrogen-bond acceptors (Lipinski definition) is 3. The Labute approximate surface area is 188 Å². The fourth-order valence-corrected chi connectivity index (χ4v) is 4.41. The van der Waals surface area contributed by atoms with Crippen LogP contribution >= 0.6 is 11.6 Å². The molecule has 0 bridgehead atoms. The minimum atomic E-state index is -4.76. The van der Waals surface area contributed by atoms with E-state index in [-0.39, 0.29) is 11.0 Å². The van der Waals surface area contributed by atoms with E-state index >= 15 is 0 Å². The van der Waals surface area contributed by atoms with E-state index in [1.165, 1.54) is 5.56 Å². The molecule has 1 saturated heterocycles. The number of benzene rings is 2. The molecule has 0 amide bonds. The molecule has 9 heteroatoms. The second-order valence-electron chi connectivity index (χ2n) is 7.80. The molecule has 5 nitrogen and oxygen atoms in total. The average molecular weight is 463 g/mol. The molecule has 0 unspecified atom stereocenters. The number of hydrogen-bond donors (Lipinski definition) is 1. The van der Waals surface area contributed by atoms with Gasteiger partial charge in [-0.15, -0.1) is 0 Å². The van der Waals surface area contributed by atoms with Crippen LogP contribution in [0.4, 0.5) is 13.2 Å². The Morgan fingerprint density at radius 1 is 1.03 bits per heavy atom. The van der Waals surface area contributed by atoms with Crippen molar-refractivity contribution in [2.24, 2.45) is 11.1 Å². The maximum atomic E-state index is 13.8. The third kappa shape index (κ3) is 4.60. The summed E-state index contributed by atoms with van der Waals surface area (Å²) in [6, 6.07) is 18.4. The number of rotatable bonds is 4. The molecule has 168 valence electrons. The number of nitrogens with zero attached hydrogens (tertiary/aromatic N) is 4. The van der Waals surface area contributed by atoms with Gasteiger partial charge in [0, 0.05) is 13.1 Å². The zero-order valence-corrected chi connectivity index (χ0v) is 17.9. The molecule has 0 aliphatic carbocycles. The molecule has 0 saturated carbocycles. The largest absolute Gasteiger partial charge is 0.435 e. The van der Waals surface area contributed by atoms with Crippen LogP contribution in [0, 0.1) is 5.92 Å². The van der Waals surface area contributed by atoms with E-state index in [0.717, 1.165) is 23.9 Å². The van der Waals surface area contributed by atoms with E-state index in [4.69, 9.17) is 11.6 Å². The molecule has 2 aromatic carbocycles. The average Bonchev–Trinajstić information content (AvgIpc) is 3.14. The quantitative estimate of drug-likeness (QED) is 0.236. The maximum Gasteiger partial charge on any atom is 0.435 e. The van der Waals surface area contributed by atoms with E-state index in [0.29, 0.717) is 24.7 Å². The highest BCUT2D eigenvalue weighted by molar-refractivity contribution is 6.33. The Kier molecular flexibility index (Phi) is 6.41. The lowest BCUT2D eigenvalue weighted by molar-refractivity contribution is -0.141. The van der Waals surface area contributed by atoms with Gasteiger partial charge in [-0.05, 0) is 42.9 Å². The Bertz CT molecular complexity index is 1080. The van der Waals surface area contributed by atoms with Crippen LogP contribution in [0.1, 0.15) is 29.7 Å². The summed E-state index contributed by atoms with van der Waals surface area (Å²) >= 11 is 6.38. The monoisotopic (exact) mass is 462 g/mol. The summed E-state index contributed by atoms with van der Waals surface area (Å²) in [7, 11) is 0. The van der Waals surface area contributed by atoms with Crippen molar-refractivity contribution < 1.29 is 18.4 Å². The van der Waals surface area contributed by atoms with Crippen LogP contribution in [-0.2, 0) is 12.6 Å². The lowest BCUT2D eigenvalue weighted by Crippen LogP contribution is -2.40. The molecule has 0 spiro atoms. The first-order valence-electron chi connectivity index (χ1n) is 10.3. The number of halogens is 4. The first-order valence-corrected chi connectivity index (χ1v) is 10.7. The van der Waals surface area contributed by atoms with Gasteiger partial charge in [0.15, 0.2) is 11.5 Å².